The molecular weight excluding hydrogens is 297 g/mol. The highest BCUT2D eigenvalue weighted by Gasteiger charge is 2.20. The van der Waals surface area contributed by atoms with Crippen LogP contribution in [0.1, 0.15) is 37.6 Å². The lowest BCUT2D eigenvalue weighted by atomic mass is 10.1. The Hall–Kier alpha value is -1.62. The molecule has 1 amide bonds. The Balaban J connectivity index is 2.58. The first-order valence-corrected chi connectivity index (χ1v) is 6.90. The van der Waals surface area contributed by atoms with Crippen molar-refractivity contribution in [1.29, 1.82) is 0 Å². The number of benzene rings is 1. The first kappa shape index (κ1) is 17.4. The number of ether oxygens (including phenoxy) is 1. The third kappa shape index (κ3) is 6.12. The summed E-state index contributed by atoms with van der Waals surface area (Å²) >= 11 is 5.70. The maximum absolute atomic E-state index is 13.2. The zero-order valence-electron chi connectivity index (χ0n) is 12.6. The summed E-state index contributed by atoms with van der Waals surface area (Å²) in [5.41, 5.74) is -0.400. The molecule has 0 heterocycles. The first-order valence-electron chi connectivity index (χ1n) is 6.52. The molecule has 0 aliphatic heterocycles. The molecule has 0 aromatic heterocycles. The van der Waals surface area contributed by atoms with Crippen LogP contribution in [0.5, 0.6) is 0 Å². The highest BCUT2D eigenvalue weighted by molar-refractivity contribution is 6.31. The van der Waals surface area contributed by atoms with Crippen molar-refractivity contribution in [3.8, 4) is 0 Å². The molecule has 1 rings (SSSR count). The molecule has 0 unspecified atom stereocenters. The Morgan fingerprint density at radius 3 is 2.43 bits per heavy atom. The van der Waals surface area contributed by atoms with Crippen molar-refractivity contribution >= 4 is 23.5 Å². The average molecular weight is 316 g/mol. The summed E-state index contributed by atoms with van der Waals surface area (Å²) in [5, 5.41) is 0.166. The topological polar surface area (TPSA) is 46.6 Å². The van der Waals surface area contributed by atoms with Crippen LogP contribution in [0.3, 0.4) is 0 Å². The van der Waals surface area contributed by atoms with Gasteiger partial charge in [0, 0.05) is 30.6 Å². The third-order valence-electron chi connectivity index (χ3n) is 2.56. The van der Waals surface area contributed by atoms with Crippen molar-refractivity contribution in [2.45, 2.75) is 32.8 Å². The number of hydrogen-bond donors (Lipinski definition) is 0. The minimum Gasteiger partial charge on any atom is -0.444 e. The van der Waals surface area contributed by atoms with E-state index in [1.165, 1.54) is 11.0 Å². The van der Waals surface area contributed by atoms with Crippen molar-refractivity contribution in [2.75, 3.05) is 13.6 Å². The number of amides is 1. The average Bonchev–Trinajstić information content (AvgIpc) is 2.32. The smallest absolute Gasteiger partial charge is 0.410 e. The molecule has 116 valence electrons. The molecule has 0 aliphatic carbocycles. The number of hydrogen-bond acceptors (Lipinski definition) is 3. The van der Waals surface area contributed by atoms with Gasteiger partial charge in [0.1, 0.15) is 11.4 Å². The standard InChI is InChI=1S/C15H19ClFNO3/c1-15(2,3)21-14(20)18(4)6-5-13(19)10-7-11(16)9-12(17)8-10/h7-9H,5-6H2,1-4H3. The molecule has 0 bridgehead atoms. The van der Waals surface area contributed by atoms with E-state index in [-0.39, 0.29) is 29.3 Å². The molecule has 0 radical (unpaired) electrons. The highest BCUT2D eigenvalue weighted by Crippen LogP contribution is 2.16. The fourth-order valence-corrected chi connectivity index (χ4v) is 1.78. The fourth-order valence-electron chi connectivity index (χ4n) is 1.56. The van der Waals surface area contributed by atoms with Crippen LogP contribution in [0.25, 0.3) is 0 Å². The van der Waals surface area contributed by atoms with E-state index in [0.29, 0.717) is 0 Å². The summed E-state index contributed by atoms with van der Waals surface area (Å²) in [6.45, 7) is 5.47. The second-order valence-corrected chi connectivity index (χ2v) is 6.17. The maximum Gasteiger partial charge on any atom is 0.410 e. The van der Waals surface area contributed by atoms with Crippen LogP contribution in [-0.2, 0) is 4.74 Å². The van der Waals surface area contributed by atoms with Gasteiger partial charge >= 0.3 is 6.09 Å². The predicted molar refractivity (Wildman–Crippen MR) is 79.2 cm³/mol. The summed E-state index contributed by atoms with van der Waals surface area (Å²) in [6, 6.07) is 3.66. The largest absolute Gasteiger partial charge is 0.444 e. The second-order valence-electron chi connectivity index (χ2n) is 5.73. The monoisotopic (exact) mass is 315 g/mol. The molecule has 1 aromatic rings. The normalized spacial score (nSPS) is 11.1. The number of carbonyl (C=O) groups is 2. The molecule has 0 spiro atoms. The number of ketones is 1. The van der Waals surface area contributed by atoms with Crippen LogP contribution in [0.4, 0.5) is 9.18 Å². The van der Waals surface area contributed by atoms with Gasteiger partial charge in [-0.2, -0.15) is 0 Å². The number of Topliss-reactive ketones (excluding diaryl/α,β-unsaturated/α-hetero) is 1. The van der Waals surface area contributed by atoms with E-state index in [1.807, 2.05) is 0 Å². The molecule has 0 aliphatic rings. The van der Waals surface area contributed by atoms with Gasteiger partial charge in [-0.05, 0) is 39.0 Å². The molecule has 0 saturated carbocycles. The van der Waals surface area contributed by atoms with E-state index in [4.69, 9.17) is 16.3 Å². The Kier molecular flexibility index (Phi) is 5.72. The number of halogens is 2. The first-order chi connectivity index (χ1) is 9.58. The lowest BCUT2D eigenvalue weighted by molar-refractivity contribution is 0.0298. The van der Waals surface area contributed by atoms with Crippen molar-refractivity contribution in [3.05, 3.63) is 34.6 Å². The predicted octanol–water partition coefficient (Wildman–Crippen LogP) is 3.92. The summed E-state index contributed by atoms with van der Waals surface area (Å²) in [5.74, 6) is -0.849. The molecule has 4 nitrogen and oxygen atoms in total. The fraction of sp³-hybridized carbons (Fsp3) is 0.467. The van der Waals surface area contributed by atoms with Crippen molar-refractivity contribution < 1.29 is 18.7 Å². The Morgan fingerprint density at radius 2 is 1.90 bits per heavy atom. The number of carbonyl (C=O) groups excluding carboxylic acids is 2. The van der Waals surface area contributed by atoms with Crippen molar-refractivity contribution in [3.63, 3.8) is 0 Å². The summed E-state index contributed by atoms with van der Waals surface area (Å²) in [4.78, 5) is 25.0. The van der Waals surface area contributed by atoms with Gasteiger partial charge in [0.15, 0.2) is 5.78 Å². The molecule has 0 fully saturated rings. The Morgan fingerprint density at radius 1 is 1.29 bits per heavy atom. The molecule has 6 heteroatoms. The van der Waals surface area contributed by atoms with Crippen LogP contribution in [-0.4, -0.2) is 36.0 Å². The molecule has 0 N–H and O–H groups in total. The van der Waals surface area contributed by atoms with Gasteiger partial charge in [-0.3, -0.25) is 4.79 Å². The van der Waals surface area contributed by atoms with Gasteiger partial charge in [-0.1, -0.05) is 11.6 Å². The van der Waals surface area contributed by atoms with Crippen molar-refractivity contribution in [2.24, 2.45) is 0 Å². The summed E-state index contributed by atoms with van der Waals surface area (Å²) in [6.07, 6.45) is -0.442. The van der Waals surface area contributed by atoms with Crippen LogP contribution in [0.15, 0.2) is 18.2 Å². The third-order valence-corrected chi connectivity index (χ3v) is 2.78. The van der Waals surface area contributed by atoms with E-state index in [2.05, 4.69) is 0 Å². The van der Waals surface area contributed by atoms with Gasteiger partial charge < -0.3 is 9.64 Å². The SMILES string of the molecule is CN(CCC(=O)c1cc(F)cc(Cl)c1)C(=O)OC(C)(C)C. The van der Waals surface area contributed by atoms with Crippen LogP contribution in [0.2, 0.25) is 5.02 Å². The second kappa shape index (κ2) is 6.89. The Bertz CT molecular complexity index is 520. The van der Waals surface area contributed by atoms with E-state index in [0.717, 1.165) is 12.1 Å². The summed E-state index contributed by atoms with van der Waals surface area (Å²) < 4.78 is 18.4. The maximum atomic E-state index is 13.2. The van der Waals surface area contributed by atoms with Gasteiger partial charge in [0.05, 0.1) is 0 Å². The number of nitrogens with zero attached hydrogens (tertiary/aromatic N) is 1. The van der Waals surface area contributed by atoms with Crippen molar-refractivity contribution in [1.82, 2.24) is 4.90 Å². The van der Waals surface area contributed by atoms with E-state index in [1.54, 1.807) is 27.8 Å². The lowest BCUT2D eigenvalue weighted by Gasteiger charge is -2.24. The Labute approximate surface area is 128 Å². The molecule has 0 saturated heterocycles. The summed E-state index contributed by atoms with van der Waals surface area (Å²) in [7, 11) is 1.54. The molecule has 21 heavy (non-hydrogen) atoms. The molecular formula is C15H19ClFNO3. The van der Waals surface area contributed by atoms with Crippen LogP contribution >= 0.6 is 11.6 Å². The van der Waals surface area contributed by atoms with E-state index < -0.39 is 17.5 Å². The lowest BCUT2D eigenvalue weighted by Crippen LogP contribution is -2.35. The molecule has 0 atom stereocenters. The van der Waals surface area contributed by atoms with E-state index in [9.17, 15) is 14.0 Å². The van der Waals surface area contributed by atoms with Crippen LogP contribution < -0.4 is 0 Å². The van der Waals surface area contributed by atoms with Gasteiger partial charge in [0.25, 0.3) is 0 Å². The van der Waals surface area contributed by atoms with Gasteiger partial charge in [0.2, 0.25) is 0 Å². The minimum absolute atomic E-state index is 0.0650. The molecule has 1 aromatic carbocycles. The zero-order chi connectivity index (χ0) is 16.2. The van der Waals surface area contributed by atoms with Crippen LogP contribution in [0, 0.1) is 5.82 Å². The minimum atomic E-state index is -0.592. The zero-order valence-corrected chi connectivity index (χ0v) is 13.3. The quantitative estimate of drug-likeness (QED) is 0.791. The van der Waals surface area contributed by atoms with E-state index >= 15 is 0 Å². The highest BCUT2D eigenvalue weighted by atomic mass is 35.5. The van der Waals surface area contributed by atoms with Gasteiger partial charge in [-0.15, -0.1) is 0 Å². The van der Waals surface area contributed by atoms with Gasteiger partial charge in [-0.25, -0.2) is 9.18 Å². The number of rotatable bonds is 4.